The third-order valence-electron chi connectivity index (χ3n) is 7.14. The monoisotopic (exact) mass is 681 g/mol. The largest absolute Gasteiger partial charge is 0.324 e. The fraction of sp³-hybridized carbons (Fsp3) is 0.182. The van der Waals surface area contributed by atoms with Gasteiger partial charge in [-0.3, -0.25) is 15.0 Å². The van der Waals surface area contributed by atoms with E-state index >= 15 is 0 Å². The van der Waals surface area contributed by atoms with Crippen LogP contribution >= 0.6 is 22.9 Å². The van der Waals surface area contributed by atoms with Crippen LogP contribution in [0.2, 0.25) is 4.34 Å². The normalized spacial score (nSPS) is 11.4. The number of halogens is 3. The molecule has 0 atom stereocenters. The first-order valence-corrected chi connectivity index (χ1v) is 17.3. The zero-order valence-electron chi connectivity index (χ0n) is 24.7. The molecular formula is C33H30ClF2N5O3S2. The molecule has 0 saturated heterocycles. The predicted octanol–water partition coefficient (Wildman–Crippen LogP) is 7.81. The Bertz CT molecular complexity index is 1830. The van der Waals surface area contributed by atoms with E-state index in [-0.39, 0.29) is 17.6 Å². The van der Waals surface area contributed by atoms with Crippen molar-refractivity contribution in [1.82, 2.24) is 14.9 Å². The lowest BCUT2D eigenvalue weighted by molar-refractivity contribution is 0.210. The minimum atomic E-state index is -3.42. The minimum Gasteiger partial charge on any atom is -0.324 e. The summed E-state index contributed by atoms with van der Waals surface area (Å²) < 4.78 is 53.3. The van der Waals surface area contributed by atoms with Crippen molar-refractivity contribution in [1.29, 1.82) is 0 Å². The van der Waals surface area contributed by atoms with Crippen molar-refractivity contribution in [3.05, 3.63) is 130 Å². The van der Waals surface area contributed by atoms with Gasteiger partial charge in [0.15, 0.2) is 5.13 Å². The molecule has 46 heavy (non-hydrogen) atoms. The van der Waals surface area contributed by atoms with Gasteiger partial charge < -0.3 is 4.90 Å². The number of hydrogen-bond acceptors (Lipinski definition) is 6. The Morgan fingerprint density at radius 3 is 2.11 bits per heavy atom. The van der Waals surface area contributed by atoms with E-state index in [2.05, 4.69) is 20.0 Å². The van der Waals surface area contributed by atoms with Gasteiger partial charge in [-0.2, -0.15) is 0 Å². The van der Waals surface area contributed by atoms with Crippen LogP contribution < -0.4 is 10.0 Å². The van der Waals surface area contributed by atoms with Crippen molar-refractivity contribution in [2.45, 2.75) is 18.8 Å². The lowest BCUT2D eigenvalue weighted by Crippen LogP contribution is -2.38. The number of anilines is 2. The molecule has 5 aromatic rings. The highest BCUT2D eigenvalue weighted by Crippen LogP contribution is 2.36. The molecule has 0 unspecified atom stereocenters. The SMILES string of the molecule is CS(=O)(=O)Nc1ccc(-c2nc(NC(=O)N(CCc3ccccn3)CCC(c3ccc(F)cc3)c3ccc(F)cc3)sc2Cl)cc1. The van der Waals surface area contributed by atoms with E-state index in [4.69, 9.17) is 11.6 Å². The molecular weight excluding hydrogens is 652 g/mol. The van der Waals surface area contributed by atoms with E-state index in [1.165, 1.54) is 24.3 Å². The first-order valence-electron chi connectivity index (χ1n) is 14.3. The number of nitrogens with zero attached hydrogens (tertiary/aromatic N) is 3. The maximum absolute atomic E-state index is 13.8. The molecule has 5 rings (SSSR count). The molecule has 0 aliphatic rings. The van der Waals surface area contributed by atoms with Crippen LogP contribution in [0.4, 0.5) is 24.4 Å². The van der Waals surface area contributed by atoms with E-state index in [9.17, 15) is 22.0 Å². The van der Waals surface area contributed by atoms with Crippen LogP contribution in [0, 0.1) is 11.6 Å². The summed E-state index contributed by atoms with van der Waals surface area (Å²) in [5.41, 5.74) is 3.99. The molecule has 3 aromatic carbocycles. The fourth-order valence-corrected chi connectivity index (χ4v) is 6.57. The summed E-state index contributed by atoms with van der Waals surface area (Å²) >= 11 is 7.61. The number of carbonyl (C=O) groups is 1. The summed E-state index contributed by atoms with van der Waals surface area (Å²) in [6.07, 6.45) is 3.74. The van der Waals surface area contributed by atoms with Crippen molar-refractivity contribution in [3.8, 4) is 11.3 Å². The van der Waals surface area contributed by atoms with Gasteiger partial charge in [0.2, 0.25) is 10.0 Å². The number of nitrogens with one attached hydrogen (secondary N) is 2. The molecule has 2 amide bonds. The average Bonchev–Trinajstić information content (AvgIpc) is 3.39. The fourth-order valence-electron chi connectivity index (χ4n) is 4.93. The van der Waals surface area contributed by atoms with Crippen LogP contribution in [0.15, 0.2) is 97.2 Å². The number of carbonyl (C=O) groups excluding carboxylic acids is 1. The summed E-state index contributed by atoms with van der Waals surface area (Å²) in [6.45, 7) is 0.669. The summed E-state index contributed by atoms with van der Waals surface area (Å²) in [6, 6.07) is 24.1. The van der Waals surface area contributed by atoms with Crippen LogP contribution in [-0.4, -0.2) is 48.7 Å². The second-order valence-electron chi connectivity index (χ2n) is 10.5. The first kappa shape index (κ1) is 33.0. The maximum Gasteiger partial charge on any atom is 0.323 e. The Kier molecular flexibility index (Phi) is 10.6. The van der Waals surface area contributed by atoms with Crippen LogP contribution in [0.1, 0.15) is 29.2 Å². The van der Waals surface area contributed by atoms with E-state index in [0.29, 0.717) is 52.3 Å². The number of urea groups is 1. The molecule has 13 heteroatoms. The number of amides is 2. The lowest BCUT2D eigenvalue weighted by atomic mass is 9.88. The Hall–Kier alpha value is -4.39. The number of benzene rings is 3. The van der Waals surface area contributed by atoms with Crippen molar-refractivity contribution < 1.29 is 22.0 Å². The third-order valence-corrected chi connectivity index (χ3v) is 8.92. The maximum atomic E-state index is 13.8. The standard InChI is InChI=1S/C33H30ClF2N5O3S2/c1-46(43,44)40-28-15-9-24(10-16-28)30-31(34)45-32(38-30)39-33(42)41(20-17-27-4-2-3-19-37-27)21-18-29(22-5-11-25(35)12-6-22)23-7-13-26(36)14-8-23/h2-16,19,29,40H,17-18,20-21H2,1H3,(H,38,39,42). The highest BCUT2D eigenvalue weighted by molar-refractivity contribution is 7.92. The van der Waals surface area contributed by atoms with Gasteiger partial charge in [-0.15, -0.1) is 0 Å². The van der Waals surface area contributed by atoms with E-state index in [1.54, 1.807) is 59.6 Å². The smallest absolute Gasteiger partial charge is 0.323 e. The number of rotatable bonds is 12. The highest BCUT2D eigenvalue weighted by atomic mass is 35.5. The summed E-state index contributed by atoms with van der Waals surface area (Å²) in [5.74, 6) is -0.950. The van der Waals surface area contributed by atoms with Crippen LogP contribution in [0.25, 0.3) is 11.3 Å². The zero-order valence-corrected chi connectivity index (χ0v) is 27.0. The van der Waals surface area contributed by atoms with Gasteiger partial charge in [-0.05, 0) is 66.1 Å². The second kappa shape index (κ2) is 14.8. The molecule has 0 saturated carbocycles. The number of hydrogen-bond donors (Lipinski definition) is 2. The number of aromatic nitrogens is 2. The molecule has 2 aromatic heterocycles. The number of pyridine rings is 1. The molecule has 2 N–H and O–H groups in total. The molecule has 238 valence electrons. The quantitative estimate of drug-likeness (QED) is 0.140. The van der Waals surface area contributed by atoms with Gasteiger partial charge >= 0.3 is 6.03 Å². The summed E-state index contributed by atoms with van der Waals surface area (Å²) in [5, 5.41) is 3.16. The van der Waals surface area contributed by atoms with Crippen LogP contribution in [-0.2, 0) is 16.4 Å². The van der Waals surface area contributed by atoms with E-state index in [1.807, 2.05) is 18.2 Å². The van der Waals surface area contributed by atoms with Gasteiger partial charge in [-0.25, -0.2) is 27.0 Å². The lowest BCUT2D eigenvalue weighted by Gasteiger charge is -2.26. The van der Waals surface area contributed by atoms with Crippen molar-refractivity contribution >= 4 is 49.8 Å². The topological polar surface area (TPSA) is 104 Å². The molecule has 0 aliphatic heterocycles. The molecule has 2 heterocycles. The van der Waals surface area contributed by atoms with Crippen LogP contribution in [0.3, 0.4) is 0 Å². The zero-order chi connectivity index (χ0) is 32.7. The molecule has 0 aliphatic carbocycles. The minimum absolute atomic E-state index is 0.229. The molecule has 8 nitrogen and oxygen atoms in total. The third kappa shape index (κ3) is 9.09. The molecule has 0 radical (unpaired) electrons. The van der Waals surface area contributed by atoms with E-state index < -0.39 is 16.1 Å². The average molecular weight is 682 g/mol. The number of sulfonamides is 1. The van der Waals surface area contributed by atoms with Crippen molar-refractivity contribution in [2.24, 2.45) is 0 Å². The van der Waals surface area contributed by atoms with E-state index in [0.717, 1.165) is 34.4 Å². The highest BCUT2D eigenvalue weighted by Gasteiger charge is 2.22. The predicted molar refractivity (Wildman–Crippen MR) is 179 cm³/mol. The Balaban J connectivity index is 1.35. The van der Waals surface area contributed by atoms with Gasteiger partial charge in [-0.1, -0.05) is 65.4 Å². The van der Waals surface area contributed by atoms with Gasteiger partial charge in [0.25, 0.3) is 0 Å². The molecule has 0 spiro atoms. The van der Waals surface area contributed by atoms with Gasteiger partial charge in [0, 0.05) is 48.6 Å². The van der Waals surface area contributed by atoms with Crippen LogP contribution in [0.5, 0.6) is 0 Å². The number of thiazole rings is 1. The Labute approximate surface area is 275 Å². The van der Waals surface area contributed by atoms with Crippen molar-refractivity contribution in [3.63, 3.8) is 0 Å². The Morgan fingerprint density at radius 2 is 1.54 bits per heavy atom. The van der Waals surface area contributed by atoms with Crippen molar-refractivity contribution in [2.75, 3.05) is 29.4 Å². The van der Waals surface area contributed by atoms with Gasteiger partial charge in [0.1, 0.15) is 21.7 Å². The second-order valence-corrected chi connectivity index (χ2v) is 13.9. The summed E-state index contributed by atoms with van der Waals surface area (Å²) in [4.78, 5) is 24.3. The van der Waals surface area contributed by atoms with Gasteiger partial charge in [0.05, 0.1) is 6.26 Å². The summed E-state index contributed by atoms with van der Waals surface area (Å²) in [7, 11) is -3.42. The molecule has 0 bridgehead atoms. The Morgan fingerprint density at radius 1 is 0.913 bits per heavy atom. The first-order chi connectivity index (χ1) is 22.0. The molecule has 0 fully saturated rings.